The number of nitrogens with zero attached hydrogens (tertiary/aromatic N) is 3. The third-order valence-electron chi connectivity index (χ3n) is 4.95. The summed E-state index contributed by atoms with van der Waals surface area (Å²) in [6.07, 6.45) is 3.38. The molecule has 3 aromatic heterocycles. The van der Waals surface area contributed by atoms with Crippen molar-refractivity contribution in [3.63, 3.8) is 0 Å². The molecule has 0 saturated carbocycles. The molecule has 0 radical (unpaired) electrons. The van der Waals surface area contributed by atoms with E-state index in [1.807, 2.05) is 43.3 Å². The molecule has 7 nitrogen and oxygen atoms in total. The van der Waals surface area contributed by atoms with E-state index in [4.69, 9.17) is 5.73 Å². The van der Waals surface area contributed by atoms with Gasteiger partial charge < -0.3 is 11.1 Å². The van der Waals surface area contributed by atoms with E-state index in [0.717, 1.165) is 11.1 Å². The van der Waals surface area contributed by atoms with Crippen LogP contribution in [0.2, 0.25) is 0 Å². The number of carbonyl (C=O) groups is 1. The van der Waals surface area contributed by atoms with Crippen molar-refractivity contribution in [2.75, 3.05) is 5.73 Å². The van der Waals surface area contributed by atoms with Crippen molar-refractivity contribution in [3.05, 3.63) is 94.4 Å². The quantitative estimate of drug-likeness (QED) is 0.305. The maximum atomic E-state index is 13.2. The van der Waals surface area contributed by atoms with Crippen molar-refractivity contribution in [2.45, 2.75) is 20.0 Å². The van der Waals surface area contributed by atoms with Gasteiger partial charge in [-0.1, -0.05) is 54.0 Å². The summed E-state index contributed by atoms with van der Waals surface area (Å²) < 4.78 is 3.12. The molecule has 0 unspecified atom stereocenters. The van der Waals surface area contributed by atoms with Crippen molar-refractivity contribution >= 4 is 28.4 Å². The van der Waals surface area contributed by atoms with Crippen molar-refractivity contribution in [3.8, 4) is 0 Å². The zero-order valence-electron chi connectivity index (χ0n) is 16.6. The number of rotatable bonds is 5. The van der Waals surface area contributed by atoms with Crippen LogP contribution in [-0.4, -0.2) is 15.3 Å². The third kappa shape index (κ3) is 3.41. The first kappa shape index (κ1) is 19.3. The van der Waals surface area contributed by atoms with Gasteiger partial charge in [0.1, 0.15) is 10.9 Å². The summed E-state index contributed by atoms with van der Waals surface area (Å²) in [5.41, 5.74) is 9.13. The van der Waals surface area contributed by atoms with Crippen LogP contribution in [0, 0.1) is 6.92 Å². The number of benzene rings is 1. The first-order chi connectivity index (χ1) is 14.5. The lowest BCUT2D eigenvalue weighted by Gasteiger charge is -2.11. The lowest BCUT2D eigenvalue weighted by molar-refractivity contribution is -0.648. The minimum atomic E-state index is -0.357. The average molecular weight is 400 g/mol. The van der Waals surface area contributed by atoms with Crippen molar-refractivity contribution in [1.82, 2.24) is 14.7 Å². The Bertz CT molecular complexity index is 1340. The highest BCUT2D eigenvalue weighted by molar-refractivity contribution is 6.00. The van der Waals surface area contributed by atoms with Crippen LogP contribution in [-0.2, 0) is 13.1 Å². The van der Waals surface area contributed by atoms with Gasteiger partial charge in [0.25, 0.3) is 17.1 Å². The van der Waals surface area contributed by atoms with Gasteiger partial charge in [-0.05, 0) is 30.2 Å². The Hall–Kier alpha value is -4.00. The molecular formula is C23H22N5O2+. The van der Waals surface area contributed by atoms with Gasteiger partial charge in [-0.3, -0.25) is 14.0 Å². The standard InChI is InChI=1S/C23H21N5O2/c1-3-11-27-20(24)17(22(29)25-13-16-7-5-4-6-8-16)12-18-21(27)26-19-10-9-15(2)14-28(19)23(18)30/h3-10,12,14,24H,1,11,13H2,2H3,(H,25,29)/p+1. The van der Waals surface area contributed by atoms with Gasteiger partial charge in [-0.15, -0.1) is 0 Å². The monoisotopic (exact) mass is 400 g/mol. The van der Waals surface area contributed by atoms with Crippen LogP contribution in [0.15, 0.2) is 72.2 Å². The summed E-state index contributed by atoms with van der Waals surface area (Å²) in [5.74, 6) is -0.124. The number of carbonyl (C=O) groups excluding carboxylic acids is 1. The Morgan fingerprint density at radius 3 is 2.77 bits per heavy atom. The number of hydrogen-bond donors (Lipinski definition) is 2. The van der Waals surface area contributed by atoms with Crippen molar-refractivity contribution in [2.24, 2.45) is 0 Å². The van der Waals surface area contributed by atoms with Crippen LogP contribution in [0.1, 0.15) is 21.5 Å². The highest BCUT2D eigenvalue weighted by atomic mass is 16.1. The molecule has 1 amide bonds. The number of anilines is 1. The summed E-state index contributed by atoms with van der Waals surface area (Å²) in [4.78, 5) is 30.7. The Morgan fingerprint density at radius 1 is 1.27 bits per heavy atom. The normalized spacial score (nSPS) is 11.0. The zero-order chi connectivity index (χ0) is 21.3. The molecule has 1 aromatic carbocycles. The van der Waals surface area contributed by atoms with E-state index in [9.17, 15) is 9.59 Å². The summed E-state index contributed by atoms with van der Waals surface area (Å²) in [5, 5.41) is 3.19. The number of fused-ring (bicyclic) bond motifs is 2. The number of pyridine rings is 2. The second kappa shape index (κ2) is 7.79. The average Bonchev–Trinajstić information content (AvgIpc) is 2.75. The minimum absolute atomic E-state index is 0.229. The van der Waals surface area contributed by atoms with Gasteiger partial charge in [0, 0.05) is 12.7 Å². The SMILES string of the molecule is C=CC[n+]1c(N)c(C(=O)NCc2ccccc2)cc2c(=O)n3cc(C)ccc3nc21. The van der Waals surface area contributed by atoms with Crippen molar-refractivity contribution < 1.29 is 9.36 Å². The topological polar surface area (TPSA) is 93.4 Å². The maximum absolute atomic E-state index is 13.2. The molecule has 150 valence electrons. The van der Waals surface area contributed by atoms with Crippen LogP contribution in [0.25, 0.3) is 16.7 Å². The second-order valence-corrected chi connectivity index (χ2v) is 7.10. The predicted molar refractivity (Wildman–Crippen MR) is 116 cm³/mol. The molecule has 0 fully saturated rings. The fraction of sp³-hybridized carbons (Fsp3) is 0.130. The smallest absolute Gasteiger partial charge is 0.278 e. The zero-order valence-corrected chi connectivity index (χ0v) is 16.6. The number of aromatic nitrogens is 3. The van der Waals surface area contributed by atoms with E-state index in [0.29, 0.717) is 29.8 Å². The number of nitrogens with one attached hydrogen (secondary N) is 1. The number of amides is 1. The van der Waals surface area contributed by atoms with E-state index in [2.05, 4.69) is 16.9 Å². The van der Waals surface area contributed by atoms with Crippen LogP contribution in [0.3, 0.4) is 0 Å². The van der Waals surface area contributed by atoms with E-state index in [1.54, 1.807) is 22.9 Å². The largest absolute Gasteiger partial charge is 0.348 e. The minimum Gasteiger partial charge on any atom is -0.348 e. The molecule has 7 heteroatoms. The van der Waals surface area contributed by atoms with Gasteiger partial charge in [0.05, 0.1) is 6.54 Å². The van der Waals surface area contributed by atoms with E-state index in [-0.39, 0.29) is 22.8 Å². The molecule has 3 N–H and O–H groups in total. The first-order valence-corrected chi connectivity index (χ1v) is 9.57. The summed E-state index contributed by atoms with van der Waals surface area (Å²) >= 11 is 0. The van der Waals surface area contributed by atoms with Gasteiger partial charge in [-0.2, -0.15) is 0 Å². The highest BCUT2D eigenvalue weighted by Crippen LogP contribution is 2.15. The lowest BCUT2D eigenvalue weighted by atomic mass is 10.1. The molecule has 0 aliphatic rings. The molecule has 0 aliphatic carbocycles. The number of allylic oxidation sites excluding steroid dienone is 1. The number of nitrogens with two attached hydrogens (primary N) is 1. The molecule has 3 heterocycles. The molecule has 0 saturated heterocycles. The molecule has 0 bridgehead atoms. The summed E-state index contributed by atoms with van der Waals surface area (Å²) in [7, 11) is 0. The van der Waals surface area contributed by atoms with Crippen LogP contribution in [0.4, 0.5) is 5.82 Å². The maximum Gasteiger partial charge on any atom is 0.278 e. The molecular weight excluding hydrogens is 378 g/mol. The Labute approximate surface area is 173 Å². The van der Waals surface area contributed by atoms with Gasteiger partial charge in [0.15, 0.2) is 0 Å². The first-order valence-electron chi connectivity index (χ1n) is 9.57. The lowest BCUT2D eigenvalue weighted by Crippen LogP contribution is -2.42. The Morgan fingerprint density at radius 2 is 2.03 bits per heavy atom. The van der Waals surface area contributed by atoms with E-state index < -0.39 is 0 Å². The van der Waals surface area contributed by atoms with Gasteiger partial charge in [-0.25, -0.2) is 4.57 Å². The van der Waals surface area contributed by atoms with Gasteiger partial charge in [0.2, 0.25) is 11.5 Å². The van der Waals surface area contributed by atoms with Crippen LogP contribution < -0.4 is 21.2 Å². The van der Waals surface area contributed by atoms with Crippen LogP contribution in [0.5, 0.6) is 0 Å². The number of hydrogen-bond acceptors (Lipinski definition) is 4. The highest BCUT2D eigenvalue weighted by Gasteiger charge is 2.23. The molecule has 0 atom stereocenters. The molecule has 30 heavy (non-hydrogen) atoms. The van der Waals surface area contributed by atoms with Crippen molar-refractivity contribution in [1.29, 1.82) is 0 Å². The number of nitrogen functional groups attached to an aromatic ring is 1. The van der Waals surface area contributed by atoms with Gasteiger partial charge >= 0.3 is 0 Å². The van der Waals surface area contributed by atoms with Crippen LogP contribution >= 0.6 is 0 Å². The molecule has 4 aromatic rings. The van der Waals surface area contributed by atoms with E-state index in [1.165, 1.54) is 10.5 Å². The predicted octanol–water partition coefficient (Wildman–Crippen LogP) is 2.14. The molecule has 4 rings (SSSR count). The third-order valence-corrected chi connectivity index (χ3v) is 4.95. The Kier molecular flexibility index (Phi) is 5.02. The second-order valence-electron chi connectivity index (χ2n) is 7.10. The Balaban J connectivity index is 1.87. The molecule has 0 aliphatic heterocycles. The number of aryl methyl sites for hydroxylation is 1. The summed E-state index contributed by atoms with van der Waals surface area (Å²) in [6, 6.07) is 14.8. The fourth-order valence-corrected chi connectivity index (χ4v) is 3.43. The molecule has 0 spiro atoms. The summed E-state index contributed by atoms with van der Waals surface area (Å²) in [6.45, 7) is 6.33. The fourth-order valence-electron chi connectivity index (χ4n) is 3.43. The van der Waals surface area contributed by atoms with E-state index >= 15 is 0 Å².